The van der Waals surface area contributed by atoms with Crippen LogP contribution < -0.4 is 5.32 Å². The first kappa shape index (κ1) is 10.3. The monoisotopic (exact) mass is 236 g/mol. The minimum atomic E-state index is 0.181. The summed E-state index contributed by atoms with van der Waals surface area (Å²) in [7, 11) is 0. The summed E-state index contributed by atoms with van der Waals surface area (Å²) in [6, 6.07) is 0.181. The molecular weight excluding hydrogens is 220 g/mol. The number of thiazole rings is 1. The van der Waals surface area contributed by atoms with Crippen molar-refractivity contribution in [3.63, 3.8) is 0 Å². The first-order chi connectivity index (χ1) is 7.75. The molecule has 3 rings (SSSR count). The van der Waals surface area contributed by atoms with E-state index in [0.29, 0.717) is 11.8 Å². The van der Waals surface area contributed by atoms with Crippen LogP contribution in [0.25, 0.3) is 0 Å². The normalized spacial score (nSPS) is 29.8. The average Bonchev–Trinajstić information content (AvgIpc) is 3.16. The van der Waals surface area contributed by atoms with Gasteiger partial charge in [0.1, 0.15) is 5.01 Å². The molecule has 0 spiro atoms. The molecule has 0 aliphatic heterocycles. The molecule has 4 heteroatoms. The number of nitrogens with one attached hydrogen (secondary N) is 1. The van der Waals surface area contributed by atoms with Crippen LogP contribution in [0.1, 0.15) is 37.2 Å². The zero-order chi connectivity index (χ0) is 11.1. The summed E-state index contributed by atoms with van der Waals surface area (Å²) in [5, 5.41) is 6.24. The van der Waals surface area contributed by atoms with E-state index >= 15 is 0 Å². The predicted molar refractivity (Wildman–Crippen MR) is 63.0 cm³/mol. The highest BCUT2D eigenvalue weighted by Gasteiger charge is 2.42. The number of rotatable bonds is 4. The van der Waals surface area contributed by atoms with Gasteiger partial charge in [-0.25, -0.2) is 4.98 Å². The largest absolute Gasteiger partial charge is 0.346 e. The fourth-order valence-corrected chi connectivity index (χ4v) is 2.93. The number of carbonyl (C=O) groups excluding carboxylic acids is 1. The van der Waals surface area contributed by atoms with Gasteiger partial charge >= 0.3 is 0 Å². The van der Waals surface area contributed by atoms with Gasteiger partial charge in [-0.05, 0) is 31.1 Å². The van der Waals surface area contributed by atoms with Crippen LogP contribution >= 0.6 is 11.3 Å². The van der Waals surface area contributed by atoms with Crippen molar-refractivity contribution in [2.24, 2.45) is 17.8 Å². The lowest BCUT2D eigenvalue weighted by Crippen LogP contribution is -2.31. The Morgan fingerprint density at radius 2 is 2.38 bits per heavy atom. The maximum atomic E-state index is 11.9. The van der Waals surface area contributed by atoms with Gasteiger partial charge < -0.3 is 5.32 Å². The van der Waals surface area contributed by atoms with Crippen molar-refractivity contribution in [3.8, 4) is 0 Å². The summed E-state index contributed by atoms with van der Waals surface area (Å²) in [6.07, 6.45) is 5.33. The maximum Gasteiger partial charge on any atom is 0.223 e. The molecule has 2 fully saturated rings. The van der Waals surface area contributed by atoms with E-state index in [1.165, 1.54) is 12.8 Å². The molecule has 86 valence electrons. The van der Waals surface area contributed by atoms with Crippen molar-refractivity contribution >= 4 is 17.2 Å². The zero-order valence-corrected chi connectivity index (χ0v) is 10.2. The van der Waals surface area contributed by atoms with Gasteiger partial charge in [0.05, 0.1) is 6.04 Å². The molecule has 3 atom stereocenters. The van der Waals surface area contributed by atoms with Gasteiger partial charge in [-0.3, -0.25) is 4.79 Å². The van der Waals surface area contributed by atoms with E-state index in [9.17, 15) is 4.79 Å². The molecule has 16 heavy (non-hydrogen) atoms. The lowest BCUT2D eigenvalue weighted by atomic mass is 10.2. The summed E-state index contributed by atoms with van der Waals surface area (Å²) >= 11 is 1.65. The highest BCUT2D eigenvalue weighted by molar-refractivity contribution is 7.09. The Bertz CT molecular complexity index is 386. The fraction of sp³-hybridized carbons (Fsp3) is 0.667. The van der Waals surface area contributed by atoms with Gasteiger partial charge in [-0.2, -0.15) is 0 Å². The molecule has 0 saturated heterocycles. The minimum absolute atomic E-state index is 0.181. The molecule has 2 saturated carbocycles. The molecule has 2 aliphatic carbocycles. The molecule has 1 amide bonds. The lowest BCUT2D eigenvalue weighted by molar-refractivity contribution is -0.123. The highest BCUT2D eigenvalue weighted by Crippen LogP contribution is 2.43. The van der Waals surface area contributed by atoms with Gasteiger partial charge in [0, 0.05) is 17.5 Å². The van der Waals surface area contributed by atoms with Crippen molar-refractivity contribution in [2.45, 2.75) is 32.2 Å². The number of aromatic nitrogens is 1. The van der Waals surface area contributed by atoms with Crippen LogP contribution in [0.15, 0.2) is 11.6 Å². The fourth-order valence-electron chi connectivity index (χ4n) is 2.15. The lowest BCUT2D eigenvalue weighted by Gasteiger charge is -2.15. The Balaban J connectivity index is 1.67. The third-order valence-corrected chi connectivity index (χ3v) is 4.41. The molecule has 0 radical (unpaired) electrons. The van der Waals surface area contributed by atoms with E-state index < -0.39 is 0 Å². The summed E-state index contributed by atoms with van der Waals surface area (Å²) in [5.74, 6) is 1.71. The third kappa shape index (κ3) is 1.98. The van der Waals surface area contributed by atoms with Crippen LogP contribution in [0.3, 0.4) is 0 Å². The van der Waals surface area contributed by atoms with Gasteiger partial charge in [0.2, 0.25) is 5.91 Å². The van der Waals surface area contributed by atoms with E-state index in [4.69, 9.17) is 0 Å². The number of amides is 1. The molecule has 2 aliphatic rings. The maximum absolute atomic E-state index is 11.9. The van der Waals surface area contributed by atoms with Gasteiger partial charge in [0.25, 0.3) is 0 Å². The molecule has 0 bridgehead atoms. The van der Waals surface area contributed by atoms with E-state index in [1.54, 1.807) is 11.3 Å². The summed E-state index contributed by atoms with van der Waals surface area (Å²) in [4.78, 5) is 16.3. The second-order valence-corrected chi connectivity index (χ2v) is 5.94. The molecule has 1 aromatic rings. The van der Waals surface area contributed by atoms with Crippen LogP contribution in [-0.4, -0.2) is 10.9 Å². The Labute approximate surface area is 99.3 Å². The second-order valence-electron chi connectivity index (χ2n) is 5.01. The van der Waals surface area contributed by atoms with Crippen LogP contribution in [0.2, 0.25) is 0 Å². The molecule has 1 N–H and O–H groups in total. The minimum Gasteiger partial charge on any atom is -0.346 e. The Hall–Kier alpha value is -0.900. The standard InChI is InChI=1S/C12H16N2OS/c1-7-6-9(7)11(15)14-10(8-2-3-8)12-13-4-5-16-12/h4-5,7-10H,2-3,6H2,1H3,(H,14,15)/t7-,9+,10+/m1/s1. The third-order valence-electron chi connectivity index (χ3n) is 3.55. The second kappa shape index (κ2) is 3.84. The molecule has 1 aromatic heterocycles. The van der Waals surface area contributed by atoms with Crippen molar-refractivity contribution < 1.29 is 4.79 Å². The predicted octanol–water partition coefficient (Wildman–Crippen LogP) is 2.37. The number of hydrogen-bond donors (Lipinski definition) is 1. The number of carbonyl (C=O) groups is 1. The smallest absolute Gasteiger partial charge is 0.223 e. The van der Waals surface area contributed by atoms with Crippen LogP contribution in [0.4, 0.5) is 0 Å². The molecule has 0 unspecified atom stereocenters. The topological polar surface area (TPSA) is 42.0 Å². The van der Waals surface area contributed by atoms with E-state index in [1.807, 2.05) is 11.6 Å². The first-order valence-electron chi connectivity index (χ1n) is 5.95. The summed E-state index contributed by atoms with van der Waals surface area (Å²) in [6.45, 7) is 2.14. The Morgan fingerprint density at radius 3 is 2.88 bits per heavy atom. The van der Waals surface area contributed by atoms with Crippen LogP contribution in [-0.2, 0) is 4.79 Å². The van der Waals surface area contributed by atoms with Crippen molar-refractivity contribution in [3.05, 3.63) is 16.6 Å². The SMILES string of the molecule is C[C@@H]1C[C@@H]1C(=O)N[C@H](c1nccs1)C1CC1. The van der Waals surface area contributed by atoms with Crippen LogP contribution in [0, 0.1) is 17.8 Å². The molecule has 3 nitrogen and oxygen atoms in total. The number of hydrogen-bond acceptors (Lipinski definition) is 3. The average molecular weight is 236 g/mol. The van der Waals surface area contributed by atoms with E-state index in [-0.39, 0.29) is 17.9 Å². The van der Waals surface area contributed by atoms with E-state index in [2.05, 4.69) is 17.2 Å². The Kier molecular flexibility index (Phi) is 2.46. The first-order valence-corrected chi connectivity index (χ1v) is 6.83. The van der Waals surface area contributed by atoms with Gasteiger partial charge in [-0.15, -0.1) is 11.3 Å². The van der Waals surface area contributed by atoms with Gasteiger partial charge in [-0.1, -0.05) is 6.92 Å². The number of nitrogens with zero attached hydrogens (tertiary/aromatic N) is 1. The van der Waals surface area contributed by atoms with E-state index in [0.717, 1.165) is 11.4 Å². The molecular formula is C12H16N2OS. The Morgan fingerprint density at radius 1 is 1.62 bits per heavy atom. The van der Waals surface area contributed by atoms with Crippen molar-refractivity contribution in [1.82, 2.24) is 10.3 Å². The molecule has 1 heterocycles. The van der Waals surface area contributed by atoms with Gasteiger partial charge in [0.15, 0.2) is 0 Å². The van der Waals surface area contributed by atoms with Crippen molar-refractivity contribution in [1.29, 1.82) is 0 Å². The highest BCUT2D eigenvalue weighted by atomic mass is 32.1. The van der Waals surface area contributed by atoms with Crippen LogP contribution in [0.5, 0.6) is 0 Å². The summed E-state index contributed by atoms with van der Waals surface area (Å²) < 4.78 is 0. The van der Waals surface area contributed by atoms with Crippen molar-refractivity contribution in [2.75, 3.05) is 0 Å². The quantitative estimate of drug-likeness (QED) is 0.872. The summed E-state index contributed by atoms with van der Waals surface area (Å²) in [5.41, 5.74) is 0. The zero-order valence-electron chi connectivity index (χ0n) is 9.35. The molecule has 0 aromatic carbocycles.